The molecule has 0 bridgehead atoms. The van der Waals surface area contributed by atoms with Gasteiger partial charge in [-0.1, -0.05) is 69.2 Å². The maximum atomic E-state index is 13.7. The molecule has 0 spiro atoms. The van der Waals surface area contributed by atoms with E-state index in [1.807, 2.05) is 60.8 Å². The highest BCUT2D eigenvalue weighted by atomic mass is 35.5. The van der Waals surface area contributed by atoms with Crippen LogP contribution in [-0.4, -0.2) is 60.8 Å². The van der Waals surface area contributed by atoms with E-state index in [0.29, 0.717) is 64.9 Å². The molecular formula is C26H39ClN2O3S3. The Morgan fingerprint density at radius 1 is 1.14 bits per heavy atom. The van der Waals surface area contributed by atoms with Gasteiger partial charge in [0.05, 0.1) is 16.2 Å². The van der Waals surface area contributed by atoms with Crippen molar-refractivity contribution in [1.29, 1.82) is 0 Å². The van der Waals surface area contributed by atoms with E-state index >= 15 is 0 Å². The molecule has 1 unspecified atom stereocenters. The predicted molar refractivity (Wildman–Crippen MR) is 153 cm³/mol. The lowest BCUT2D eigenvalue weighted by molar-refractivity contribution is 0.286. The molecule has 1 aliphatic heterocycles. The Morgan fingerprint density at radius 2 is 1.80 bits per heavy atom. The summed E-state index contributed by atoms with van der Waals surface area (Å²) in [6.45, 7) is 13.4. The van der Waals surface area contributed by atoms with Crippen LogP contribution in [0.1, 0.15) is 57.6 Å². The van der Waals surface area contributed by atoms with Crippen molar-refractivity contribution < 1.29 is 13.2 Å². The van der Waals surface area contributed by atoms with E-state index in [1.54, 1.807) is 4.31 Å². The fraction of sp³-hybridized carbons (Fsp3) is 0.615. The van der Waals surface area contributed by atoms with Gasteiger partial charge in [0.15, 0.2) is 0 Å². The van der Waals surface area contributed by atoms with Crippen LogP contribution in [0.25, 0.3) is 0 Å². The van der Waals surface area contributed by atoms with Crippen LogP contribution in [0.15, 0.2) is 42.0 Å². The van der Waals surface area contributed by atoms with Crippen LogP contribution in [0, 0.1) is 0 Å². The Morgan fingerprint density at radius 3 is 2.34 bits per heavy atom. The SMILES string of the molecule is CC1=CCC(CCOc2ccc(C(SC(C)C)SC(C)C)cc2Cl)(S(=O)(=O)N2CCNCC2)C=C1. The number of rotatable bonds is 11. The van der Waals surface area contributed by atoms with Gasteiger partial charge >= 0.3 is 0 Å². The molecule has 0 amide bonds. The quantitative estimate of drug-likeness (QED) is 0.323. The lowest BCUT2D eigenvalue weighted by atomic mass is 9.93. The maximum absolute atomic E-state index is 13.7. The summed E-state index contributed by atoms with van der Waals surface area (Å²) in [6.07, 6.45) is 6.62. The molecule has 1 heterocycles. The van der Waals surface area contributed by atoms with Crippen LogP contribution in [-0.2, 0) is 10.0 Å². The summed E-state index contributed by atoms with van der Waals surface area (Å²) in [6, 6.07) is 5.99. The van der Waals surface area contributed by atoms with Gasteiger partial charge in [0.1, 0.15) is 10.5 Å². The Balaban J connectivity index is 1.73. The number of benzene rings is 1. The number of thioether (sulfide) groups is 2. The molecule has 0 aromatic heterocycles. The van der Waals surface area contributed by atoms with Crippen LogP contribution in [0.3, 0.4) is 0 Å². The number of hydrogen-bond donors (Lipinski definition) is 1. The molecule has 2 aliphatic rings. The molecule has 1 N–H and O–H groups in total. The number of allylic oxidation sites excluding steroid dienone is 3. The third-order valence-electron chi connectivity index (χ3n) is 6.15. The van der Waals surface area contributed by atoms with Gasteiger partial charge in [-0.15, -0.1) is 23.5 Å². The zero-order valence-corrected chi connectivity index (χ0v) is 24.6. The molecule has 1 fully saturated rings. The van der Waals surface area contributed by atoms with Gasteiger partial charge in [-0.25, -0.2) is 8.42 Å². The highest BCUT2D eigenvalue weighted by molar-refractivity contribution is 8.16. The van der Waals surface area contributed by atoms with Crippen molar-refractivity contribution in [1.82, 2.24) is 9.62 Å². The zero-order chi connectivity index (χ0) is 25.6. The molecule has 196 valence electrons. The van der Waals surface area contributed by atoms with Gasteiger partial charge in [-0.2, -0.15) is 4.31 Å². The van der Waals surface area contributed by atoms with E-state index in [2.05, 4.69) is 39.1 Å². The summed E-state index contributed by atoms with van der Waals surface area (Å²) in [4.78, 5) is 0. The monoisotopic (exact) mass is 558 g/mol. The summed E-state index contributed by atoms with van der Waals surface area (Å²) >= 11 is 10.5. The first-order chi connectivity index (χ1) is 16.5. The molecule has 9 heteroatoms. The standard InChI is InChI=1S/C26H39ClN2O3S3/c1-19(2)33-25(34-20(3)4)22-6-7-24(23(27)18-22)32-17-12-26(10-8-21(5)9-11-26)35(30,31)29-15-13-28-14-16-29/h6-10,18-20,25,28H,11-17H2,1-5H3. The molecule has 1 aliphatic carbocycles. The summed E-state index contributed by atoms with van der Waals surface area (Å²) in [5.74, 6) is 0.597. The van der Waals surface area contributed by atoms with E-state index in [9.17, 15) is 8.42 Å². The van der Waals surface area contributed by atoms with E-state index in [0.717, 1.165) is 5.57 Å². The Bertz CT molecular complexity index is 1010. The van der Waals surface area contributed by atoms with Crippen molar-refractivity contribution in [2.45, 2.75) is 67.3 Å². The van der Waals surface area contributed by atoms with E-state index in [-0.39, 0.29) is 6.61 Å². The van der Waals surface area contributed by atoms with Gasteiger partial charge < -0.3 is 10.1 Å². The zero-order valence-electron chi connectivity index (χ0n) is 21.4. The number of ether oxygens (including phenoxy) is 1. The normalized spacial score (nSPS) is 21.7. The minimum Gasteiger partial charge on any atom is -0.492 e. The first-order valence-electron chi connectivity index (χ1n) is 12.3. The minimum absolute atomic E-state index is 0.270. The molecule has 1 aromatic rings. The minimum atomic E-state index is -3.53. The molecular weight excluding hydrogens is 520 g/mol. The number of nitrogens with zero attached hydrogens (tertiary/aromatic N) is 1. The lowest BCUT2D eigenvalue weighted by Crippen LogP contribution is -2.54. The molecule has 1 aromatic carbocycles. The Labute approximate surface area is 225 Å². The maximum Gasteiger partial charge on any atom is 0.224 e. The smallest absolute Gasteiger partial charge is 0.224 e. The van der Waals surface area contributed by atoms with Gasteiger partial charge in [0.25, 0.3) is 0 Å². The van der Waals surface area contributed by atoms with Crippen LogP contribution in [0.2, 0.25) is 5.02 Å². The largest absolute Gasteiger partial charge is 0.492 e. The van der Waals surface area contributed by atoms with E-state index in [1.165, 1.54) is 5.56 Å². The summed E-state index contributed by atoms with van der Waals surface area (Å²) in [7, 11) is -3.53. The van der Waals surface area contributed by atoms with Crippen molar-refractivity contribution in [2.75, 3.05) is 32.8 Å². The van der Waals surface area contributed by atoms with Crippen molar-refractivity contribution in [3.63, 3.8) is 0 Å². The second-order valence-corrected chi connectivity index (χ2v) is 16.1. The molecule has 1 atom stereocenters. The average Bonchev–Trinajstić information content (AvgIpc) is 2.81. The summed E-state index contributed by atoms with van der Waals surface area (Å²) < 4.78 is 34.4. The van der Waals surface area contributed by atoms with Gasteiger partial charge in [0.2, 0.25) is 10.0 Å². The third-order valence-corrected chi connectivity index (χ3v) is 11.8. The summed E-state index contributed by atoms with van der Waals surface area (Å²) in [5, 5.41) is 4.82. The molecule has 35 heavy (non-hydrogen) atoms. The van der Waals surface area contributed by atoms with Crippen LogP contribution in [0.5, 0.6) is 5.75 Å². The Hall–Kier alpha value is -0.640. The highest BCUT2D eigenvalue weighted by Gasteiger charge is 2.45. The van der Waals surface area contributed by atoms with Gasteiger partial charge in [-0.3, -0.25) is 0 Å². The van der Waals surface area contributed by atoms with Crippen LogP contribution < -0.4 is 10.1 Å². The number of sulfonamides is 1. The number of halogens is 1. The first-order valence-corrected chi connectivity index (χ1v) is 16.0. The molecule has 0 radical (unpaired) electrons. The van der Waals surface area contributed by atoms with Crippen molar-refractivity contribution >= 4 is 45.1 Å². The van der Waals surface area contributed by atoms with Crippen molar-refractivity contribution in [2.24, 2.45) is 0 Å². The topological polar surface area (TPSA) is 58.6 Å². The van der Waals surface area contributed by atoms with Gasteiger partial charge in [-0.05, 0) is 31.0 Å². The number of piperazine rings is 1. The Kier molecular flexibility index (Phi) is 10.5. The van der Waals surface area contributed by atoms with Crippen molar-refractivity contribution in [3.05, 3.63) is 52.6 Å². The van der Waals surface area contributed by atoms with E-state index < -0.39 is 14.8 Å². The fourth-order valence-corrected chi connectivity index (χ4v) is 9.68. The average molecular weight is 559 g/mol. The van der Waals surface area contributed by atoms with Crippen LogP contribution in [0.4, 0.5) is 0 Å². The number of nitrogens with one attached hydrogen (secondary N) is 1. The first kappa shape index (κ1) is 28.9. The molecule has 3 rings (SSSR count). The number of hydrogen-bond acceptors (Lipinski definition) is 6. The van der Waals surface area contributed by atoms with Crippen molar-refractivity contribution in [3.8, 4) is 5.75 Å². The third kappa shape index (κ3) is 7.45. The molecule has 1 saturated heterocycles. The van der Waals surface area contributed by atoms with E-state index in [4.69, 9.17) is 16.3 Å². The predicted octanol–water partition coefficient (Wildman–Crippen LogP) is 6.27. The fourth-order valence-electron chi connectivity index (χ4n) is 4.20. The molecule has 5 nitrogen and oxygen atoms in total. The van der Waals surface area contributed by atoms with Crippen LogP contribution >= 0.6 is 35.1 Å². The summed E-state index contributed by atoms with van der Waals surface area (Å²) in [5.41, 5.74) is 2.26. The second kappa shape index (κ2) is 12.7. The second-order valence-electron chi connectivity index (χ2n) is 9.69. The molecule has 0 saturated carbocycles. The van der Waals surface area contributed by atoms with Gasteiger partial charge in [0, 0.05) is 43.1 Å². The highest BCUT2D eigenvalue weighted by Crippen LogP contribution is 2.45. The lowest BCUT2D eigenvalue weighted by Gasteiger charge is -2.38.